The Morgan fingerprint density at radius 2 is 2.12 bits per heavy atom. The summed E-state index contributed by atoms with van der Waals surface area (Å²) in [6, 6.07) is 5.94. The van der Waals surface area contributed by atoms with Crippen molar-refractivity contribution in [2.24, 2.45) is 0 Å². The van der Waals surface area contributed by atoms with Gasteiger partial charge < -0.3 is 9.84 Å². The van der Waals surface area contributed by atoms with E-state index in [9.17, 15) is 9.59 Å². The van der Waals surface area contributed by atoms with Gasteiger partial charge in [0.15, 0.2) is 0 Å². The van der Waals surface area contributed by atoms with Crippen LogP contribution < -0.4 is 10.3 Å². The maximum absolute atomic E-state index is 11.3. The quantitative estimate of drug-likeness (QED) is 0.749. The molecule has 2 aromatic rings. The average molecular weight is 234 g/mol. The zero-order chi connectivity index (χ0) is 12.4. The normalized spacial score (nSPS) is 10.2. The highest BCUT2D eigenvalue weighted by Gasteiger charge is 2.10. The number of benzene rings is 1. The summed E-state index contributed by atoms with van der Waals surface area (Å²) < 4.78 is 5.33. The number of aromatic carboxylic acids is 1. The lowest BCUT2D eigenvalue weighted by Crippen LogP contribution is -2.03. The number of hydrogen-bond acceptors (Lipinski definition) is 3. The molecule has 1 heterocycles. The second kappa shape index (κ2) is 4.17. The molecule has 0 radical (unpaired) electrons. The topological polar surface area (TPSA) is 95.2 Å². The van der Waals surface area contributed by atoms with Gasteiger partial charge in [-0.15, -0.1) is 0 Å². The van der Waals surface area contributed by atoms with Gasteiger partial charge in [-0.05, 0) is 25.1 Å². The molecule has 88 valence electrons. The summed E-state index contributed by atoms with van der Waals surface area (Å²) in [7, 11) is 0. The standard InChI is InChI=1S/C11H10N2O4/c1-6-9(10(14)13-12-6)17-8-4-2-3-7(5-8)11(15)16/h2-5H,1H3,(H,15,16)(H2,12,13,14). The van der Waals surface area contributed by atoms with Gasteiger partial charge in [-0.2, -0.15) is 0 Å². The van der Waals surface area contributed by atoms with Crippen LogP contribution in [0.3, 0.4) is 0 Å². The largest absolute Gasteiger partial charge is 0.478 e. The van der Waals surface area contributed by atoms with Gasteiger partial charge in [0.1, 0.15) is 5.75 Å². The van der Waals surface area contributed by atoms with E-state index in [2.05, 4.69) is 10.2 Å². The zero-order valence-electron chi connectivity index (χ0n) is 8.98. The van der Waals surface area contributed by atoms with Crippen LogP contribution in [0.25, 0.3) is 0 Å². The molecule has 0 unspecified atom stereocenters. The molecule has 0 aliphatic carbocycles. The molecule has 0 amide bonds. The summed E-state index contributed by atoms with van der Waals surface area (Å²) in [5.41, 5.74) is 0.270. The minimum absolute atomic E-state index is 0.104. The summed E-state index contributed by atoms with van der Waals surface area (Å²) in [6.45, 7) is 1.67. The predicted octanol–water partition coefficient (Wildman–Crippen LogP) is 1.50. The molecule has 1 aromatic heterocycles. The van der Waals surface area contributed by atoms with E-state index in [1.165, 1.54) is 12.1 Å². The number of aromatic nitrogens is 2. The van der Waals surface area contributed by atoms with Crippen LogP contribution in [-0.4, -0.2) is 21.3 Å². The van der Waals surface area contributed by atoms with Crippen molar-refractivity contribution in [1.82, 2.24) is 10.2 Å². The Morgan fingerprint density at radius 1 is 1.35 bits per heavy atom. The fourth-order valence-corrected chi connectivity index (χ4v) is 1.37. The number of hydrogen-bond donors (Lipinski definition) is 3. The van der Waals surface area contributed by atoms with Crippen molar-refractivity contribution >= 4 is 5.97 Å². The first-order valence-electron chi connectivity index (χ1n) is 4.86. The van der Waals surface area contributed by atoms with Crippen LogP contribution >= 0.6 is 0 Å². The van der Waals surface area contributed by atoms with E-state index in [1.807, 2.05) is 0 Å². The van der Waals surface area contributed by atoms with Gasteiger partial charge in [0.2, 0.25) is 5.75 Å². The molecular weight excluding hydrogens is 224 g/mol. The third-order valence-corrected chi connectivity index (χ3v) is 2.21. The number of rotatable bonds is 3. The Hall–Kier alpha value is -2.50. The van der Waals surface area contributed by atoms with Crippen LogP contribution in [0.15, 0.2) is 29.1 Å². The number of carboxylic acid groups (broad SMARTS) is 1. The maximum atomic E-state index is 11.3. The molecule has 0 aliphatic rings. The first-order chi connectivity index (χ1) is 8.08. The molecular formula is C11H10N2O4. The molecule has 1 aromatic carbocycles. The Kier molecular flexibility index (Phi) is 2.70. The van der Waals surface area contributed by atoms with E-state index in [-0.39, 0.29) is 16.9 Å². The van der Waals surface area contributed by atoms with Crippen LogP contribution in [0.1, 0.15) is 16.1 Å². The lowest BCUT2D eigenvalue weighted by atomic mass is 10.2. The molecule has 0 aliphatic heterocycles. The van der Waals surface area contributed by atoms with Gasteiger partial charge in [-0.3, -0.25) is 15.0 Å². The molecule has 0 saturated carbocycles. The number of aromatic amines is 2. The fourth-order valence-electron chi connectivity index (χ4n) is 1.37. The highest BCUT2D eigenvalue weighted by atomic mass is 16.5. The summed E-state index contributed by atoms with van der Waals surface area (Å²) in [6.07, 6.45) is 0. The van der Waals surface area contributed by atoms with E-state index in [1.54, 1.807) is 19.1 Å². The highest BCUT2D eigenvalue weighted by Crippen LogP contribution is 2.21. The van der Waals surface area contributed by atoms with Crippen molar-refractivity contribution in [3.05, 3.63) is 45.9 Å². The highest BCUT2D eigenvalue weighted by molar-refractivity contribution is 5.88. The van der Waals surface area contributed by atoms with Gasteiger partial charge >= 0.3 is 11.5 Å². The van der Waals surface area contributed by atoms with E-state index >= 15 is 0 Å². The van der Waals surface area contributed by atoms with Crippen molar-refractivity contribution in [2.75, 3.05) is 0 Å². The van der Waals surface area contributed by atoms with Crippen molar-refractivity contribution < 1.29 is 14.6 Å². The molecule has 6 heteroatoms. The SMILES string of the molecule is Cc1[nH][nH]c(=O)c1Oc1cccc(C(=O)O)c1. The lowest BCUT2D eigenvalue weighted by Gasteiger charge is -2.03. The van der Waals surface area contributed by atoms with Gasteiger partial charge in [0.25, 0.3) is 0 Å². The summed E-state index contributed by atoms with van der Waals surface area (Å²) in [4.78, 5) is 22.1. The number of carbonyl (C=O) groups is 1. The molecule has 6 nitrogen and oxygen atoms in total. The molecule has 2 rings (SSSR count). The Labute approximate surface area is 95.8 Å². The van der Waals surface area contributed by atoms with E-state index in [0.29, 0.717) is 11.4 Å². The van der Waals surface area contributed by atoms with Crippen LogP contribution in [0.5, 0.6) is 11.5 Å². The van der Waals surface area contributed by atoms with Crippen molar-refractivity contribution in [2.45, 2.75) is 6.92 Å². The number of carboxylic acids is 1. The smallest absolute Gasteiger partial charge is 0.335 e. The van der Waals surface area contributed by atoms with E-state index < -0.39 is 5.97 Å². The zero-order valence-corrected chi connectivity index (χ0v) is 8.98. The van der Waals surface area contributed by atoms with Crippen molar-refractivity contribution in [3.63, 3.8) is 0 Å². The predicted molar refractivity (Wildman–Crippen MR) is 59.6 cm³/mol. The molecule has 0 atom stereocenters. The number of ether oxygens (including phenoxy) is 1. The van der Waals surface area contributed by atoms with Gasteiger partial charge in [-0.25, -0.2) is 4.79 Å². The van der Waals surface area contributed by atoms with E-state index in [0.717, 1.165) is 0 Å². The van der Waals surface area contributed by atoms with E-state index in [4.69, 9.17) is 9.84 Å². The molecule has 3 N–H and O–H groups in total. The summed E-state index contributed by atoms with van der Waals surface area (Å²) in [5.74, 6) is -0.610. The molecule has 0 bridgehead atoms. The summed E-state index contributed by atoms with van der Waals surface area (Å²) >= 11 is 0. The Morgan fingerprint density at radius 3 is 2.71 bits per heavy atom. The number of aryl methyl sites for hydroxylation is 1. The number of nitrogens with one attached hydrogen (secondary N) is 2. The molecule has 0 fully saturated rings. The first-order valence-corrected chi connectivity index (χ1v) is 4.86. The number of H-pyrrole nitrogens is 2. The second-order valence-corrected chi connectivity index (χ2v) is 3.47. The lowest BCUT2D eigenvalue weighted by molar-refractivity contribution is 0.0696. The third kappa shape index (κ3) is 2.20. The van der Waals surface area contributed by atoms with Crippen LogP contribution in [0.2, 0.25) is 0 Å². The monoisotopic (exact) mass is 234 g/mol. The minimum atomic E-state index is -1.05. The van der Waals surface area contributed by atoms with Crippen molar-refractivity contribution in [3.8, 4) is 11.5 Å². The van der Waals surface area contributed by atoms with Gasteiger partial charge in [0.05, 0.1) is 11.3 Å². The average Bonchev–Trinajstić information content (AvgIpc) is 2.61. The van der Waals surface area contributed by atoms with Gasteiger partial charge in [0, 0.05) is 0 Å². The summed E-state index contributed by atoms with van der Waals surface area (Å²) in [5, 5.41) is 13.8. The molecule has 0 saturated heterocycles. The maximum Gasteiger partial charge on any atom is 0.335 e. The minimum Gasteiger partial charge on any atom is -0.478 e. The third-order valence-electron chi connectivity index (χ3n) is 2.21. The fraction of sp³-hybridized carbons (Fsp3) is 0.0909. The first kappa shape index (κ1) is 11.0. The Bertz CT molecular complexity index is 612. The van der Waals surface area contributed by atoms with Gasteiger partial charge in [-0.1, -0.05) is 6.07 Å². The molecule has 17 heavy (non-hydrogen) atoms. The molecule has 0 spiro atoms. The van der Waals surface area contributed by atoms with Crippen molar-refractivity contribution in [1.29, 1.82) is 0 Å². The van der Waals surface area contributed by atoms with Crippen LogP contribution in [0.4, 0.5) is 0 Å². The van der Waals surface area contributed by atoms with Crippen LogP contribution in [-0.2, 0) is 0 Å². The van der Waals surface area contributed by atoms with Crippen LogP contribution in [0, 0.1) is 6.92 Å². The second-order valence-electron chi connectivity index (χ2n) is 3.47. The Balaban J connectivity index is 2.34.